The van der Waals surface area contributed by atoms with Gasteiger partial charge in [0.15, 0.2) is 11.5 Å². The van der Waals surface area contributed by atoms with Crippen molar-refractivity contribution in [1.29, 1.82) is 0 Å². The Morgan fingerprint density at radius 3 is 2.56 bits per heavy atom. The minimum absolute atomic E-state index is 0.310. The normalized spacial score (nSPS) is 11.9. The molecule has 0 spiro atoms. The van der Waals surface area contributed by atoms with E-state index in [9.17, 15) is 4.39 Å². The Labute approximate surface area is 196 Å². The Morgan fingerprint density at radius 2 is 1.85 bits per heavy atom. The molecule has 0 saturated heterocycles. The van der Waals surface area contributed by atoms with Crippen LogP contribution in [0.4, 0.5) is 4.39 Å². The summed E-state index contributed by atoms with van der Waals surface area (Å²) in [5.74, 6) is 1.08. The van der Waals surface area contributed by atoms with Crippen LogP contribution in [0.3, 0.4) is 0 Å². The number of H-pyrrole nitrogens is 1. The number of hydrogen-bond donors (Lipinski definition) is 1. The van der Waals surface area contributed by atoms with Gasteiger partial charge in [-0.3, -0.25) is 0 Å². The maximum Gasteiger partial charge on any atom is 0.198 e. The minimum Gasteiger partial charge on any atom is -0.308 e. The van der Waals surface area contributed by atoms with E-state index in [0.717, 1.165) is 45.8 Å². The Kier molecular flexibility index (Phi) is 5.71. The third-order valence-electron chi connectivity index (χ3n) is 5.82. The number of aryl methyl sites for hydroxylation is 3. The molecular formula is C26H24FN7. The fraction of sp³-hybridized carbons (Fsp3) is 0.192. The second-order valence-corrected chi connectivity index (χ2v) is 8.23. The second kappa shape index (κ2) is 8.97. The number of pyridine rings is 1. The number of halogens is 1. The fourth-order valence-electron chi connectivity index (χ4n) is 4.21. The minimum atomic E-state index is -0.310. The largest absolute Gasteiger partial charge is 0.308 e. The summed E-state index contributed by atoms with van der Waals surface area (Å²) < 4.78 is 16.8. The fourth-order valence-corrected chi connectivity index (χ4v) is 4.21. The highest BCUT2D eigenvalue weighted by atomic mass is 19.1. The van der Waals surface area contributed by atoms with Crippen molar-refractivity contribution in [2.45, 2.75) is 33.7 Å². The molecule has 0 unspecified atom stereocenters. The molecule has 1 N–H and O–H groups in total. The molecule has 5 rings (SSSR count). The number of tetrazole rings is 1. The van der Waals surface area contributed by atoms with Crippen molar-refractivity contribution in [2.24, 2.45) is 0 Å². The molecule has 170 valence electrons. The Morgan fingerprint density at radius 1 is 1.06 bits per heavy atom. The molecular weight excluding hydrogens is 429 g/mol. The van der Waals surface area contributed by atoms with E-state index >= 15 is 0 Å². The monoisotopic (exact) mass is 453 g/mol. The van der Waals surface area contributed by atoms with Crippen molar-refractivity contribution in [2.75, 3.05) is 0 Å². The number of rotatable bonds is 6. The number of hydrogen-bond acceptors (Lipinski definition) is 5. The average molecular weight is 454 g/mol. The van der Waals surface area contributed by atoms with E-state index in [1.165, 1.54) is 6.07 Å². The lowest BCUT2D eigenvalue weighted by Crippen LogP contribution is -2.06. The Bertz CT molecular complexity index is 1480. The van der Waals surface area contributed by atoms with Crippen molar-refractivity contribution in [3.63, 3.8) is 0 Å². The zero-order valence-electron chi connectivity index (χ0n) is 19.2. The molecule has 0 aliphatic rings. The molecule has 3 heterocycles. The highest BCUT2D eigenvalue weighted by Gasteiger charge is 2.15. The molecule has 0 atom stereocenters. The summed E-state index contributed by atoms with van der Waals surface area (Å²) in [6, 6.07) is 16.8. The molecule has 34 heavy (non-hydrogen) atoms. The lowest BCUT2D eigenvalue weighted by molar-refractivity contribution is 0.624. The first-order valence-electron chi connectivity index (χ1n) is 11.2. The number of aromatic amines is 1. The lowest BCUT2D eigenvalue weighted by Gasteiger charge is -2.12. The maximum atomic E-state index is 14.7. The first kappa shape index (κ1) is 21.6. The predicted molar refractivity (Wildman–Crippen MR) is 129 cm³/mol. The molecule has 0 amide bonds. The van der Waals surface area contributed by atoms with Crippen molar-refractivity contribution in [3.05, 3.63) is 100 Å². The van der Waals surface area contributed by atoms with Crippen molar-refractivity contribution >= 4 is 22.8 Å². The first-order valence-corrected chi connectivity index (χ1v) is 11.2. The van der Waals surface area contributed by atoms with Gasteiger partial charge in [-0.2, -0.15) is 5.21 Å². The highest BCUT2D eigenvalue weighted by molar-refractivity contribution is 5.90. The maximum absolute atomic E-state index is 14.7. The van der Waals surface area contributed by atoms with Crippen LogP contribution < -0.4 is 0 Å². The Balaban J connectivity index is 1.53. The lowest BCUT2D eigenvalue weighted by atomic mass is 9.96. The number of imidazole rings is 1. The van der Waals surface area contributed by atoms with E-state index in [1.807, 2.05) is 37.3 Å². The van der Waals surface area contributed by atoms with Gasteiger partial charge in [0.25, 0.3) is 0 Å². The predicted octanol–water partition coefficient (Wildman–Crippen LogP) is 4.90. The van der Waals surface area contributed by atoms with E-state index in [4.69, 9.17) is 9.97 Å². The summed E-state index contributed by atoms with van der Waals surface area (Å²) in [6.07, 6.45) is 2.54. The van der Waals surface area contributed by atoms with Gasteiger partial charge >= 0.3 is 0 Å². The van der Waals surface area contributed by atoms with Crippen molar-refractivity contribution in [1.82, 2.24) is 35.2 Å². The van der Waals surface area contributed by atoms with Gasteiger partial charge in [-0.1, -0.05) is 49.4 Å². The zero-order chi connectivity index (χ0) is 23.7. The molecule has 0 saturated carbocycles. The number of fused-ring (bicyclic) bond motifs is 1. The van der Waals surface area contributed by atoms with Crippen LogP contribution in [-0.2, 0) is 13.0 Å². The SMILES string of the molecule is CCc1nc2c(C)cc(C)nc2n1Cc1ccc(/C(=C\c2nn[nH]n2)c2ccccc2F)cc1. The third-order valence-corrected chi connectivity index (χ3v) is 5.82. The molecule has 5 aromatic rings. The summed E-state index contributed by atoms with van der Waals surface area (Å²) in [5.41, 5.74) is 7.08. The zero-order valence-corrected chi connectivity index (χ0v) is 19.2. The molecule has 0 radical (unpaired) electrons. The molecule has 7 nitrogen and oxygen atoms in total. The summed E-state index contributed by atoms with van der Waals surface area (Å²) in [5, 5.41) is 14.0. The summed E-state index contributed by atoms with van der Waals surface area (Å²) >= 11 is 0. The number of nitrogens with zero attached hydrogens (tertiary/aromatic N) is 6. The van der Waals surface area contributed by atoms with E-state index in [2.05, 4.69) is 45.1 Å². The second-order valence-electron chi connectivity index (χ2n) is 8.23. The van der Waals surface area contributed by atoms with Crippen LogP contribution in [0, 0.1) is 19.7 Å². The Hall–Kier alpha value is -4.20. The van der Waals surface area contributed by atoms with E-state index in [-0.39, 0.29) is 5.82 Å². The third kappa shape index (κ3) is 4.10. The van der Waals surface area contributed by atoms with Gasteiger partial charge in [-0.15, -0.1) is 10.2 Å². The number of nitrogens with one attached hydrogen (secondary N) is 1. The van der Waals surface area contributed by atoms with Gasteiger partial charge in [0.2, 0.25) is 0 Å². The number of aromatic nitrogens is 7. The van der Waals surface area contributed by atoms with Crippen LogP contribution >= 0.6 is 0 Å². The smallest absolute Gasteiger partial charge is 0.198 e. The first-order chi connectivity index (χ1) is 16.5. The van der Waals surface area contributed by atoms with Crippen LogP contribution in [0.15, 0.2) is 54.6 Å². The average Bonchev–Trinajstić information content (AvgIpc) is 3.47. The molecule has 0 fully saturated rings. The highest BCUT2D eigenvalue weighted by Crippen LogP contribution is 2.28. The molecule has 3 aromatic heterocycles. The summed E-state index contributed by atoms with van der Waals surface area (Å²) in [7, 11) is 0. The molecule has 0 aliphatic carbocycles. The number of benzene rings is 2. The molecule has 0 bridgehead atoms. The van der Waals surface area contributed by atoms with Crippen LogP contribution in [0.25, 0.3) is 22.8 Å². The van der Waals surface area contributed by atoms with Gasteiger partial charge < -0.3 is 4.57 Å². The van der Waals surface area contributed by atoms with Gasteiger partial charge in [0.1, 0.15) is 17.2 Å². The van der Waals surface area contributed by atoms with Gasteiger partial charge in [-0.25, -0.2) is 14.4 Å². The van der Waals surface area contributed by atoms with Gasteiger partial charge in [-0.05, 0) is 59.5 Å². The quantitative estimate of drug-likeness (QED) is 0.395. The van der Waals surface area contributed by atoms with Crippen LogP contribution in [0.2, 0.25) is 0 Å². The molecule has 8 heteroatoms. The van der Waals surface area contributed by atoms with E-state index in [0.29, 0.717) is 23.5 Å². The van der Waals surface area contributed by atoms with Crippen LogP contribution in [0.1, 0.15) is 46.5 Å². The topological polar surface area (TPSA) is 85.2 Å². The van der Waals surface area contributed by atoms with Crippen molar-refractivity contribution < 1.29 is 4.39 Å². The van der Waals surface area contributed by atoms with Crippen LogP contribution in [-0.4, -0.2) is 35.2 Å². The van der Waals surface area contributed by atoms with Gasteiger partial charge in [0.05, 0.1) is 6.54 Å². The summed E-state index contributed by atoms with van der Waals surface area (Å²) in [4.78, 5) is 9.60. The van der Waals surface area contributed by atoms with Crippen molar-refractivity contribution in [3.8, 4) is 0 Å². The van der Waals surface area contributed by atoms with E-state index in [1.54, 1.807) is 18.2 Å². The summed E-state index contributed by atoms with van der Waals surface area (Å²) in [6.45, 7) is 6.83. The molecule has 0 aliphatic heterocycles. The van der Waals surface area contributed by atoms with Crippen LogP contribution in [0.5, 0.6) is 0 Å². The standard InChI is InChI=1S/C26H24FN7/c1-4-24-29-25-16(2)13-17(3)28-26(25)34(24)15-18-9-11-19(12-10-18)21(14-23-30-32-33-31-23)20-7-5-6-8-22(20)27/h5-14H,4,15H2,1-3H3,(H,30,31,32,33)/b21-14+. The van der Waals surface area contributed by atoms with Gasteiger partial charge in [0, 0.05) is 17.7 Å². The molecule has 2 aromatic carbocycles. The van der Waals surface area contributed by atoms with E-state index < -0.39 is 0 Å².